The maximum absolute atomic E-state index is 13.9. The van der Waals surface area contributed by atoms with Crippen LogP contribution in [0.25, 0.3) is 10.4 Å². The van der Waals surface area contributed by atoms with Gasteiger partial charge in [-0.15, -0.1) is 0 Å². The second-order valence-corrected chi connectivity index (χ2v) is 21.4. The van der Waals surface area contributed by atoms with E-state index in [1.807, 2.05) is 152 Å². The number of esters is 1. The normalized spacial score (nSPS) is 23.9. The van der Waals surface area contributed by atoms with Crippen molar-refractivity contribution in [3.8, 4) is 0 Å². The zero-order valence-corrected chi connectivity index (χ0v) is 46.2. The van der Waals surface area contributed by atoms with Crippen molar-refractivity contribution in [2.45, 2.75) is 166 Å². The van der Waals surface area contributed by atoms with Crippen molar-refractivity contribution < 1.29 is 66.6 Å². The van der Waals surface area contributed by atoms with E-state index >= 15 is 0 Å². The molecule has 0 radical (unpaired) electrons. The third-order valence-corrected chi connectivity index (χ3v) is 12.8. The number of nitrogens with zero attached hydrogens (tertiary/aromatic N) is 4. The average molecular weight is 1100 g/mol. The lowest BCUT2D eigenvalue weighted by molar-refractivity contribution is -0.578. The quantitative estimate of drug-likeness (QED) is 0.0135. The van der Waals surface area contributed by atoms with Crippen LogP contribution in [0.1, 0.15) is 76.3 Å². The summed E-state index contributed by atoms with van der Waals surface area (Å²) in [4.78, 5) is 43.6. The first-order valence-corrected chi connectivity index (χ1v) is 26.7. The highest BCUT2D eigenvalue weighted by Crippen LogP contribution is 2.35. The van der Waals surface area contributed by atoms with Gasteiger partial charge >= 0.3 is 12.1 Å². The number of hydrogen-bond acceptors (Lipinski definition) is 16. The molecule has 0 saturated carbocycles. The van der Waals surface area contributed by atoms with Gasteiger partial charge in [0.25, 0.3) is 6.04 Å². The summed E-state index contributed by atoms with van der Waals surface area (Å²) in [6.45, 7) is 11.2. The molecule has 5 aromatic carbocycles. The maximum atomic E-state index is 13.9. The van der Waals surface area contributed by atoms with Gasteiger partial charge in [0.1, 0.15) is 47.8 Å². The summed E-state index contributed by atoms with van der Waals surface area (Å²) >= 11 is 0. The Balaban J connectivity index is 1.26. The minimum atomic E-state index is -1.81. The molecule has 12 atom stereocenters. The zero-order chi connectivity index (χ0) is 57.1. The van der Waals surface area contributed by atoms with E-state index < -0.39 is 108 Å². The van der Waals surface area contributed by atoms with Gasteiger partial charge in [-0.1, -0.05) is 157 Å². The summed E-state index contributed by atoms with van der Waals surface area (Å²) in [5, 5.41) is 20.4. The van der Waals surface area contributed by atoms with Crippen LogP contribution in [-0.2, 0) is 89.9 Å². The van der Waals surface area contributed by atoms with Crippen LogP contribution in [-0.4, -0.2) is 115 Å². The first-order valence-electron chi connectivity index (χ1n) is 26.7. The molecule has 0 aromatic heterocycles. The smallest absolute Gasteiger partial charge is 0.408 e. The summed E-state index contributed by atoms with van der Waals surface area (Å²) in [6, 6.07) is 42.4. The summed E-state index contributed by atoms with van der Waals surface area (Å²) in [7, 11) is 0. The van der Waals surface area contributed by atoms with Crippen LogP contribution in [0.3, 0.4) is 0 Å². The molecule has 7 rings (SSSR count). The van der Waals surface area contributed by atoms with Crippen molar-refractivity contribution in [2.75, 3.05) is 13.2 Å². The number of alkyl carbamates (subject to hydrolysis) is 1. The molecule has 2 fully saturated rings. The highest BCUT2D eigenvalue weighted by molar-refractivity contribution is 5.82. The van der Waals surface area contributed by atoms with E-state index in [1.54, 1.807) is 41.5 Å². The Morgan fingerprint density at radius 3 is 1.43 bits per heavy atom. The zero-order valence-electron chi connectivity index (χ0n) is 46.2. The molecule has 2 heterocycles. The van der Waals surface area contributed by atoms with Crippen molar-refractivity contribution in [3.63, 3.8) is 0 Å². The van der Waals surface area contributed by atoms with E-state index in [0.29, 0.717) is 5.56 Å². The summed E-state index contributed by atoms with van der Waals surface area (Å²) < 4.78 is 70.9. The van der Waals surface area contributed by atoms with E-state index in [0.717, 1.165) is 22.3 Å². The monoisotopic (exact) mass is 1100 g/mol. The SMILES string of the molecule is C[C@@H](O[C@H]1O[C@H](CO[C@@H]2O[C@H](COCc3ccccc3)[C@@H](OCc3ccccc3)[C@H](OCc3ccccc3)[C@H]2N=[N+]=[N-])[C@H](OCc2ccccc2)[C@H](OCc2ccccc2)[C@H]1[N+](=O)[O-])[C@H](NC(=O)OC(C)(C)C)C(=O)OC(C)(C)C. The Morgan fingerprint density at radius 2 is 0.988 bits per heavy atom. The number of carbonyl (C=O) groups excluding carboxylic acids is 2. The van der Waals surface area contributed by atoms with E-state index in [-0.39, 0.29) is 39.6 Å². The molecule has 0 aliphatic carbocycles. The summed E-state index contributed by atoms with van der Waals surface area (Å²) in [5.74, 6) is -0.902. The van der Waals surface area contributed by atoms with Crippen LogP contribution in [0.4, 0.5) is 4.79 Å². The van der Waals surface area contributed by atoms with Gasteiger partial charge in [0, 0.05) is 9.84 Å². The number of rotatable bonds is 26. The Labute approximate surface area is 467 Å². The number of ether oxygens (including phenoxy) is 11. The number of azide groups is 1. The molecule has 1 amide bonds. The summed E-state index contributed by atoms with van der Waals surface area (Å²) in [5.41, 5.74) is 12.4. The van der Waals surface area contributed by atoms with Crippen LogP contribution in [0, 0.1) is 10.1 Å². The second kappa shape index (κ2) is 29.6. The van der Waals surface area contributed by atoms with Crippen molar-refractivity contribution >= 4 is 12.1 Å². The minimum Gasteiger partial charge on any atom is -0.458 e. The molecule has 0 unspecified atom stereocenters. The van der Waals surface area contributed by atoms with Gasteiger partial charge in [-0.3, -0.25) is 10.1 Å². The fourth-order valence-electron chi connectivity index (χ4n) is 9.07. The second-order valence-electron chi connectivity index (χ2n) is 21.4. The Bertz CT molecular complexity index is 2720. The molecule has 428 valence electrons. The van der Waals surface area contributed by atoms with Crippen molar-refractivity contribution in [1.82, 2.24) is 5.32 Å². The minimum absolute atomic E-state index is 0.0189. The molecule has 5 aromatic rings. The molecule has 0 bridgehead atoms. The van der Waals surface area contributed by atoms with E-state index in [2.05, 4.69) is 15.3 Å². The number of hydrogen-bond donors (Lipinski definition) is 1. The predicted octanol–water partition coefficient (Wildman–Crippen LogP) is 9.98. The van der Waals surface area contributed by atoms with Crippen LogP contribution in [0.2, 0.25) is 0 Å². The first kappa shape index (κ1) is 60.8. The van der Waals surface area contributed by atoms with Gasteiger partial charge in [0.05, 0.1) is 52.4 Å². The molecule has 1 N–H and O–H groups in total. The van der Waals surface area contributed by atoms with Gasteiger partial charge in [-0.2, -0.15) is 0 Å². The van der Waals surface area contributed by atoms with Gasteiger partial charge in [0.2, 0.25) is 6.29 Å². The molecule has 80 heavy (non-hydrogen) atoms. The largest absolute Gasteiger partial charge is 0.458 e. The van der Waals surface area contributed by atoms with Crippen molar-refractivity contribution in [3.05, 3.63) is 200 Å². The number of carbonyl (C=O) groups is 2. The first-order chi connectivity index (χ1) is 38.4. The fourth-order valence-corrected chi connectivity index (χ4v) is 9.07. The Kier molecular flexibility index (Phi) is 22.5. The van der Waals surface area contributed by atoms with Crippen molar-refractivity contribution in [2.24, 2.45) is 5.11 Å². The molecular formula is C60H73N5O15. The Morgan fingerprint density at radius 1 is 0.588 bits per heavy atom. The van der Waals surface area contributed by atoms with Gasteiger partial charge in [0.15, 0.2) is 18.4 Å². The lowest BCUT2D eigenvalue weighted by atomic mass is 9.95. The topological polar surface area (TPSA) is 240 Å². The van der Waals surface area contributed by atoms with Gasteiger partial charge in [-0.05, 0) is 81.8 Å². The van der Waals surface area contributed by atoms with Crippen LogP contribution < -0.4 is 5.32 Å². The van der Waals surface area contributed by atoms with Crippen LogP contribution in [0.5, 0.6) is 0 Å². The number of nitrogens with one attached hydrogen (secondary N) is 1. The third kappa shape index (κ3) is 18.6. The van der Waals surface area contributed by atoms with Crippen molar-refractivity contribution in [1.29, 1.82) is 0 Å². The van der Waals surface area contributed by atoms with E-state index in [9.17, 15) is 25.2 Å². The molecule has 2 aliphatic rings. The molecule has 20 heteroatoms. The highest BCUT2D eigenvalue weighted by atomic mass is 16.7. The molecule has 20 nitrogen and oxygen atoms in total. The highest BCUT2D eigenvalue weighted by Gasteiger charge is 2.57. The Hall–Kier alpha value is -6.81. The fraction of sp³-hybridized carbons (Fsp3) is 0.467. The standard InChI is InChI=1S/C60H73N5O15/c1-40(48(55(66)79-59(2,3)4)62-58(67)80-60(5,6)7)76-57-50(65(68)69)54(74-37-45-31-21-12-22-32-45)52(72-35-43-27-17-10-18-28-43)47(78-57)39-75-56-49(63-64-61)53(73-36-44-29-19-11-20-30-44)51(71-34-42-25-15-9-16-26-42)46(77-56)38-70-33-41-23-13-8-14-24-41/h8-32,40,46-54,56-57H,33-39H2,1-7H3,(H,62,67)/t40-,46-,47-,48+,49-,50-,51-,52+,53-,54-,56-,57+/m1/s1. The molecular weight excluding hydrogens is 1030 g/mol. The molecule has 2 saturated heterocycles. The molecule has 0 spiro atoms. The van der Waals surface area contributed by atoms with E-state index in [4.69, 9.17) is 52.1 Å². The lowest BCUT2D eigenvalue weighted by Crippen LogP contribution is -2.65. The van der Waals surface area contributed by atoms with E-state index in [1.165, 1.54) is 6.92 Å². The number of nitro groups is 1. The predicted molar refractivity (Wildman–Crippen MR) is 293 cm³/mol. The number of amides is 1. The lowest BCUT2D eigenvalue weighted by Gasteiger charge is -2.46. The van der Waals surface area contributed by atoms with Gasteiger partial charge in [-0.25, -0.2) is 9.59 Å². The maximum Gasteiger partial charge on any atom is 0.408 e. The third-order valence-electron chi connectivity index (χ3n) is 12.8. The average Bonchev–Trinajstić information content (AvgIpc) is 3.43. The molecule has 2 aliphatic heterocycles. The summed E-state index contributed by atoms with van der Waals surface area (Å²) in [6.07, 6.45) is -12.2. The van der Waals surface area contributed by atoms with Crippen LogP contribution >= 0.6 is 0 Å². The van der Waals surface area contributed by atoms with Crippen LogP contribution in [0.15, 0.2) is 157 Å². The number of benzene rings is 5. The van der Waals surface area contributed by atoms with Gasteiger partial charge < -0.3 is 57.4 Å².